The van der Waals surface area contributed by atoms with Crippen LogP contribution in [0.2, 0.25) is 0 Å². The number of thiophene rings is 1. The first-order valence-corrected chi connectivity index (χ1v) is 7.40. The van der Waals surface area contributed by atoms with E-state index in [9.17, 15) is 4.79 Å². The Kier molecular flexibility index (Phi) is 5.97. The number of aryl methyl sites for hydroxylation is 1. The van der Waals surface area contributed by atoms with Gasteiger partial charge in [-0.15, -0.1) is 11.3 Å². The molecule has 4 nitrogen and oxygen atoms in total. The number of nitrogens with two attached hydrogens (primary N) is 1. The second kappa shape index (κ2) is 7.03. The maximum atomic E-state index is 11.9. The maximum absolute atomic E-state index is 11.9. The van der Waals surface area contributed by atoms with E-state index < -0.39 is 0 Å². The van der Waals surface area contributed by atoms with Gasteiger partial charge >= 0.3 is 0 Å². The molecule has 0 aliphatic heterocycles. The summed E-state index contributed by atoms with van der Waals surface area (Å²) in [5, 5.41) is 0. The number of nitrogens with zero attached hydrogens (tertiary/aromatic N) is 2. The molecule has 0 bridgehead atoms. The Morgan fingerprint density at radius 1 is 1.37 bits per heavy atom. The molecule has 0 radical (unpaired) electrons. The molecule has 0 aliphatic carbocycles. The average Bonchev–Trinajstić information content (AvgIpc) is 2.75. The van der Waals surface area contributed by atoms with Crippen molar-refractivity contribution < 1.29 is 4.79 Å². The summed E-state index contributed by atoms with van der Waals surface area (Å²) in [6.45, 7) is 4.57. The van der Waals surface area contributed by atoms with Gasteiger partial charge in [-0.05, 0) is 32.5 Å². The average molecular weight is 283 g/mol. The highest BCUT2D eigenvalue weighted by Gasteiger charge is 2.26. The Bertz CT molecular complexity index is 417. The van der Waals surface area contributed by atoms with Crippen LogP contribution in [-0.4, -0.2) is 49.4 Å². The van der Waals surface area contributed by atoms with Gasteiger partial charge in [0.2, 0.25) is 5.91 Å². The summed E-state index contributed by atoms with van der Waals surface area (Å²) < 4.78 is 0. The van der Waals surface area contributed by atoms with Crippen molar-refractivity contribution in [3.63, 3.8) is 0 Å². The number of likely N-dealkylation sites (N-methyl/N-ethyl adjacent to an activating group) is 2. The predicted octanol–water partition coefficient (Wildman–Crippen LogP) is 1.85. The molecule has 1 aromatic heterocycles. The monoisotopic (exact) mass is 283 g/mol. The third kappa shape index (κ3) is 4.30. The van der Waals surface area contributed by atoms with Crippen LogP contribution in [0.4, 0.5) is 0 Å². The number of amides is 1. The first kappa shape index (κ1) is 16.1. The summed E-state index contributed by atoms with van der Waals surface area (Å²) in [7, 11) is 5.52. The minimum Gasteiger partial charge on any atom is -0.348 e. The first-order valence-electron chi connectivity index (χ1n) is 6.59. The van der Waals surface area contributed by atoms with E-state index in [1.807, 2.05) is 7.05 Å². The van der Waals surface area contributed by atoms with Gasteiger partial charge in [-0.2, -0.15) is 0 Å². The van der Waals surface area contributed by atoms with Crippen LogP contribution in [0.3, 0.4) is 0 Å². The molecule has 108 valence electrons. The van der Waals surface area contributed by atoms with Gasteiger partial charge in [0.25, 0.3) is 0 Å². The van der Waals surface area contributed by atoms with E-state index in [-0.39, 0.29) is 18.0 Å². The molecule has 2 unspecified atom stereocenters. The van der Waals surface area contributed by atoms with Crippen LogP contribution in [0.15, 0.2) is 12.1 Å². The molecule has 5 heteroatoms. The minimum absolute atomic E-state index is 0.0398. The molecule has 1 aromatic rings. The molecule has 0 spiro atoms. The molecule has 0 saturated carbocycles. The third-order valence-corrected chi connectivity index (χ3v) is 4.36. The van der Waals surface area contributed by atoms with E-state index in [4.69, 9.17) is 5.73 Å². The smallest absolute Gasteiger partial charge is 0.236 e. The van der Waals surface area contributed by atoms with Crippen LogP contribution in [-0.2, 0) is 4.79 Å². The lowest BCUT2D eigenvalue weighted by Gasteiger charge is -2.31. The molecule has 1 rings (SSSR count). The molecule has 0 aliphatic rings. The Morgan fingerprint density at radius 3 is 2.42 bits per heavy atom. The molecule has 19 heavy (non-hydrogen) atoms. The normalized spacial score (nSPS) is 14.5. The van der Waals surface area contributed by atoms with Gasteiger partial charge in [-0.25, -0.2) is 0 Å². The van der Waals surface area contributed by atoms with Gasteiger partial charge in [0.1, 0.15) is 0 Å². The minimum atomic E-state index is 0.0398. The largest absolute Gasteiger partial charge is 0.348 e. The standard InChI is InChI=1S/C14H25N3OS/c1-6-11(15)14(12-8-7-10(2)19-12)17(5)9-13(18)16(3)4/h7-8,11,14H,6,9,15H2,1-5H3. The highest BCUT2D eigenvalue weighted by Crippen LogP contribution is 2.29. The molecule has 2 atom stereocenters. The second-order valence-electron chi connectivity index (χ2n) is 5.17. The lowest BCUT2D eigenvalue weighted by atomic mass is 10.0. The van der Waals surface area contributed by atoms with E-state index >= 15 is 0 Å². The lowest BCUT2D eigenvalue weighted by molar-refractivity contribution is -0.130. The lowest BCUT2D eigenvalue weighted by Crippen LogP contribution is -2.43. The molecule has 0 aromatic carbocycles. The molecule has 1 heterocycles. The number of rotatable bonds is 6. The summed E-state index contributed by atoms with van der Waals surface area (Å²) in [6.07, 6.45) is 0.891. The third-order valence-electron chi connectivity index (χ3n) is 3.29. The van der Waals surface area contributed by atoms with Crippen LogP contribution < -0.4 is 5.73 Å². The van der Waals surface area contributed by atoms with Crippen LogP contribution in [0.1, 0.15) is 29.1 Å². The zero-order valence-corrected chi connectivity index (χ0v) is 13.3. The highest BCUT2D eigenvalue weighted by molar-refractivity contribution is 7.12. The van der Waals surface area contributed by atoms with Crippen molar-refractivity contribution in [3.8, 4) is 0 Å². The topological polar surface area (TPSA) is 49.6 Å². The van der Waals surface area contributed by atoms with E-state index in [0.717, 1.165) is 6.42 Å². The fourth-order valence-corrected chi connectivity index (χ4v) is 3.16. The Balaban J connectivity index is 2.88. The van der Waals surface area contributed by atoms with Gasteiger partial charge in [-0.3, -0.25) is 9.69 Å². The van der Waals surface area contributed by atoms with Crippen LogP contribution in [0.5, 0.6) is 0 Å². The number of carbonyl (C=O) groups excluding carboxylic acids is 1. The summed E-state index contributed by atoms with van der Waals surface area (Å²) in [4.78, 5) is 18.0. The van der Waals surface area contributed by atoms with Crippen LogP contribution in [0.25, 0.3) is 0 Å². The maximum Gasteiger partial charge on any atom is 0.236 e. The van der Waals surface area contributed by atoms with Crippen molar-refractivity contribution in [1.29, 1.82) is 0 Å². The SMILES string of the molecule is CCC(N)C(c1ccc(C)s1)N(C)CC(=O)N(C)C. The summed E-state index contributed by atoms with van der Waals surface area (Å²) in [5.74, 6) is 0.101. The Morgan fingerprint density at radius 2 is 2.00 bits per heavy atom. The highest BCUT2D eigenvalue weighted by atomic mass is 32.1. The molecule has 0 saturated heterocycles. The van der Waals surface area contributed by atoms with E-state index in [2.05, 4.69) is 30.9 Å². The van der Waals surface area contributed by atoms with Gasteiger partial charge in [-0.1, -0.05) is 6.92 Å². The van der Waals surface area contributed by atoms with Crippen LogP contribution in [0, 0.1) is 6.92 Å². The van der Waals surface area contributed by atoms with Crippen molar-refractivity contribution in [2.75, 3.05) is 27.7 Å². The fraction of sp³-hybridized carbons (Fsp3) is 0.643. The Labute approximate surface area is 120 Å². The quantitative estimate of drug-likeness (QED) is 0.867. The fourth-order valence-electron chi connectivity index (χ4n) is 2.04. The summed E-state index contributed by atoms with van der Waals surface area (Å²) in [6, 6.07) is 4.37. The van der Waals surface area contributed by atoms with Crippen molar-refractivity contribution in [1.82, 2.24) is 9.80 Å². The molecule has 0 fully saturated rings. The number of hydrogen-bond acceptors (Lipinski definition) is 4. The summed E-state index contributed by atoms with van der Waals surface area (Å²) >= 11 is 1.76. The van der Waals surface area contributed by atoms with Gasteiger partial charge in [0.15, 0.2) is 0 Å². The van der Waals surface area contributed by atoms with E-state index in [0.29, 0.717) is 6.54 Å². The Hall–Kier alpha value is -0.910. The summed E-state index contributed by atoms with van der Waals surface area (Å²) in [5.41, 5.74) is 6.25. The van der Waals surface area contributed by atoms with E-state index in [1.54, 1.807) is 30.3 Å². The second-order valence-corrected chi connectivity index (χ2v) is 6.49. The number of carbonyl (C=O) groups is 1. The van der Waals surface area contributed by atoms with Crippen molar-refractivity contribution in [3.05, 3.63) is 21.9 Å². The predicted molar refractivity (Wildman–Crippen MR) is 81.4 cm³/mol. The van der Waals surface area contributed by atoms with Crippen molar-refractivity contribution in [2.45, 2.75) is 32.4 Å². The number of hydrogen-bond donors (Lipinski definition) is 1. The first-order chi connectivity index (χ1) is 8.86. The zero-order chi connectivity index (χ0) is 14.6. The molecule has 1 amide bonds. The molecular formula is C14H25N3OS. The van der Waals surface area contributed by atoms with Crippen molar-refractivity contribution >= 4 is 17.2 Å². The van der Waals surface area contributed by atoms with E-state index in [1.165, 1.54) is 9.75 Å². The molecular weight excluding hydrogens is 258 g/mol. The van der Waals surface area contributed by atoms with Crippen LogP contribution >= 0.6 is 11.3 Å². The van der Waals surface area contributed by atoms with Gasteiger partial charge in [0.05, 0.1) is 12.6 Å². The zero-order valence-electron chi connectivity index (χ0n) is 12.5. The molecule has 2 N–H and O–H groups in total. The van der Waals surface area contributed by atoms with Gasteiger partial charge in [0, 0.05) is 29.9 Å². The van der Waals surface area contributed by atoms with Gasteiger partial charge < -0.3 is 10.6 Å². The van der Waals surface area contributed by atoms with Crippen molar-refractivity contribution in [2.24, 2.45) is 5.73 Å².